The molecule has 0 N–H and O–H groups in total. The topological polar surface area (TPSA) is 68.2 Å². The quantitative estimate of drug-likeness (QED) is 0.852. The number of thiazole rings is 1. The highest BCUT2D eigenvalue weighted by molar-refractivity contribution is 7.17. The van der Waals surface area contributed by atoms with E-state index in [1.165, 1.54) is 16.4 Å². The Balaban J connectivity index is 1.85. The Hall–Kier alpha value is -1.86. The average Bonchev–Trinajstić information content (AvgIpc) is 2.74. The second-order valence-corrected chi connectivity index (χ2v) is 5.81. The second kappa shape index (κ2) is 6.28. The van der Waals surface area contributed by atoms with E-state index in [2.05, 4.69) is 15.0 Å². The Morgan fingerprint density at radius 2 is 2.10 bits per heavy atom. The van der Waals surface area contributed by atoms with Gasteiger partial charge in [0.2, 0.25) is 0 Å². The molecule has 1 aliphatic heterocycles. The third kappa shape index (κ3) is 3.08. The Kier molecular flexibility index (Phi) is 4.21. The molecule has 3 heterocycles. The van der Waals surface area contributed by atoms with Gasteiger partial charge in [-0.05, 0) is 32.3 Å². The molecule has 3 rings (SSSR count). The average molecular weight is 304 g/mol. The number of nitrogens with zero attached hydrogens (tertiary/aromatic N) is 4. The lowest BCUT2D eigenvalue weighted by Crippen LogP contribution is -2.31. The minimum atomic E-state index is -0.117. The zero-order chi connectivity index (χ0) is 14.7. The molecule has 0 saturated carbocycles. The molecule has 7 heteroatoms. The third-order valence-corrected chi connectivity index (χ3v) is 4.37. The van der Waals surface area contributed by atoms with Crippen LogP contribution in [0, 0.1) is 6.92 Å². The number of aromatic nitrogens is 3. The van der Waals surface area contributed by atoms with Crippen LogP contribution in [0.3, 0.4) is 0 Å². The summed E-state index contributed by atoms with van der Waals surface area (Å²) in [5, 5.41) is 2.12. The van der Waals surface area contributed by atoms with Gasteiger partial charge in [-0.25, -0.2) is 20.0 Å². The smallest absolute Gasteiger partial charge is 0.271 e. The summed E-state index contributed by atoms with van der Waals surface area (Å²) in [6.45, 7) is 3.06. The maximum absolute atomic E-state index is 12.5. The van der Waals surface area contributed by atoms with Crippen molar-refractivity contribution in [3.8, 4) is 10.8 Å². The molecule has 1 saturated heterocycles. The van der Waals surface area contributed by atoms with Gasteiger partial charge in [-0.1, -0.05) is 0 Å². The summed E-state index contributed by atoms with van der Waals surface area (Å²) >= 11 is 1.31. The highest BCUT2D eigenvalue weighted by atomic mass is 32.1. The molecule has 1 fully saturated rings. The standard InChI is InChI=1S/C14H16N4O2S/c1-10-11(14(19)18-8-3-2-4-9-20-18)21-13(17-10)12-15-6-5-7-16-12/h5-7H,2-4,8-9H2,1H3. The Morgan fingerprint density at radius 3 is 2.90 bits per heavy atom. The number of hydroxylamine groups is 2. The zero-order valence-corrected chi connectivity index (χ0v) is 12.6. The summed E-state index contributed by atoms with van der Waals surface area (Å²) in [5.41, 5.74) is 0.695. The van der Waals surface area contributed by atoms with Crippen LogP contribution in [0.1, 0.15) is 34.6 Å². The highest BCUT2D eigenvalue weighted by Crippen LogP contribution is 2.26. The molecule has 0 aromatic carbocycles. The van der Waals surface area contributed by atoms with E-state index in [0.717, 1.165) is 19.3 Å². The molecule has 0 spiro atoms. The van der Waals surface area contributed by atoms with Gasteiger partial charge in [-0.15, -0.1) is 11.3 Å². The number of hydrogen-bond acceptors (Lipinski definition) is 6. The summed E-state index contributed by atoms with van der Waals surface area (Å²) in [6, 6.07) is 1.75. The van der Waals surface area contributed by atoms with E-state index in [1.807, 2.05) is 6.92 Å². The van der Waals surface area contributed by atoms with Crippen LogP contribution >= 0.6 is 11.3 Å². The Labute approximate surface area is 126 Å². The van der Waals surface area contributed by atoms with Gasteiger partial charge in [0.15, 0.2) is 10.8 Å². The minimum Gasteiger partial charge on any atom is -0.271 e. The largest absolute Gasteiger partial charge is 0.289 e. The minimum absolute atomic E-state index is 0.117. The SMILES string of the molecule is Cc1nc(-c2ncccn2)sc1C(=O)N1CCCCCO1. The number of amides is 1. The van der Waals surface area contributed by atoms with Crippen molar-refractivity contribution in [1.29, 1.82) is 0 Å². The number of hydrogen-bond donors (Lipinski definition) is 0. The van der Waals surface area contributed by atoms with Gasteiger partial charge < -0.3 is 0 Å². The highest BCUT2D eigenvalue weighted by Gasteiger charge is 2.24. The molecule has 1 amide bonds. The molecule has 0 unspecified atom stereocenters. The summed E-state index contributed by atoms with van der Waals surface area (Å²) in [6.07, 6.45) is 6.39. The van der Waals surface area contributed by atoms with Gasteiger partial charge in [0, 0.05) is 18.9 Å². The monoisotopic (exact) mass is 304 g/mol. The van der Waals surface area contributed by atoms with E-state index in [9.17, 15) is 4.79 Å². The molecule has 0 radical (unpaired) electrons. The normalized spacial score (nSPS) is 15.8. The summed E-state index contributed by atoms with van der Waals surface area (Å²) < 4.78 is 0. The number of carbonyl (C=O) groups is 1. The van der Waals surface area contributed by atoms with Gasteiger partial charge in [0.25, 0.3) is 5.91 Å². The molecule has 0 atom stereocenters. The zero-order valence-electron chi connectivity index (χ0n) is 11.8. The molecule has 0 aliphatic carbocycles. The fourth-order valence-corrected chi connectivity index (χ4v) is 3.10. The lowest BCUT2D eigenvalue weighted by Gasteiger charge is -2.18. The summed E-state index contributed by atoms with van der Waals surface area (Å²) in [7, 11) is 0. The molecule has 2 aromatic rings. The van der Waals surface area contributed by atoms with Gasteiger partial charge in [0.05, 0.1) is 12.3 Å². The molecular formula is C14H16N4O2S. The third-order valence-electron chi connectivity index (χ3n) is 3.23. The van der Waals surface area contributed by atoms with E-state index in [1.54, 1.807) is 18.5 Å². The Bertz CT molecular complexity index is 621. The van der Waals surface area contributed by atoms with E-state index in [-0.39, 0.29) is 5.91 Å². The van der Waals surface area contributed by atoms with E-state index >= 15 is 0 Å². The second-order valence-electron chi connectivity index (χ2n) is 4.81. The molecule has 6 nitrogen and oxygen atoms in total. The van der Waals surface area contributed by atoms with Gasteiger partial charge >= 0.3 is 0 Å². The fraction of sp³-hybridized carbons (Fsp3) is 0.429. The van der Waals surface area contributed by atoms with Crippen molar-refractivity contribution in [2.45, 2.75) is 26.2 Å². The number of aryl methyl sites for hydroxylation is 1. The van der Waals surface area contributed by atoms with Crippen molar-refractivity contribution < 1.29 is 9.63 Å². The molecule has 1 aliphatic rings. The van der Waals surface area contributed by atoms with Gasteiger partial charge in [-0.3, -0.25) is 9.63 Å². The maximum Gasteiger partial charge on any atom is 0.289 e. The van der Waals surface area contributed by atoms with Crippen molar-refractivity contribution in [1.82, 2.24) is 20.0 Å². The summed E-state index contributed by atoms with van der Waals surface area (Å²) in [4.78, 5) is 31.4. The van der Waals surface area contributed by atoms with E-state index in [4.69, 9.17) is 4.84 Å². The van der Waals surface area contributed by atoms with E-state index < -0.39 is 0 Å². The van der Waals surface area contributed by atoms with Crippen LogP contribution in [-0.4, -0.2) is 39.1 Å². The van der Waals surface area contributed by atoms with Crippen LogP contribution in [0.2, 0.25) is 0 Å². The van der Waals surface area contributed by atoms with Crippen LogP contribution < -0.4 is 0 Å². The van der Waals surface area contributed by atoms with Gasteiger partial charge in [-0.2, -0.15) is 0 Å². The first-order valence-corrected chi connectivity index (χ1v) is 7.77. The van der Waals surface area contributed by atoms with Crippen LogP contribution in [0.4, 0.5) is 0 Å². The van der Waals surface area contributed by atoms with Crippen molar-refractivity contribution in [3.63, 3.8) is 0 Å². The first kappa shape index (κ1) is 14.1. The first-order chi connectivity index (χ1) is 10.3. The predicted molar refractivity (Wildman–Crippen MR) is 78.7 cm³/mol. The molecule has 21 heavy (non-hydrogen) atoms. The van der Waals surface area contributed by atoms with Crippen LogP contribution in [0.25, 0.3) is 10.8 Å². The Morgan fingerprint density at radius 1 is 1.29 bits per heavy atom. The lowest BCUT2D eigenvalue weighted by molar-refractivity contribution is -0.115. The van der Waals surface area contributed by atoms with E-state index in [0.29, 0.717) is 34.6 Å². The summed E-state index contributed by atoms with van der Waals surface area (Å²) in [5.74, 6) is 0.426. The van der Waals surface area contributed by atoms with Gasteiger partial charge in [0.1, 0.15) is 4.88 Å². The maximum atomic E-state index is 12.5. The lowest BCUT2D eigenvalue weighted by atomic mass is 10.2. The fourth-order valence-electron chi connectivity index (χ4n) is 2.15. The van der Waals surface area contributed by atoms with Crippen molar-refractivity contribution in [3.05, 3.63) is 29.0 Å². The van der Waals surface area contributed by atoms with Crippen LogP contribution in [-0.2, 0) is 4.84 Å². The molecule has 0 bridgehead atoms. The molecule has 2 aromatic heterocycles. The first-order valence-electron chi connectivity index (χ1n) is 6.95. The number of carbonyl (C=O) groups excluding carboxylic acids is 1. The van der Waals surface area contributed by atoms with Crippen molar-refractivity contribution in [2.75, 3.05) is 13.2 Å². The van der Waals surface area contributed by atoms with Crippen molar-refractivity contribution in [2.24, 2.45) is 0 Å². The number of rotatable bonds is 2. The molecule has 110 valence electrons. The molecular weight excluding hydrogens is 288 g/mol. The van der Waals surface area contributed by atoms with Crippen molar-refractivity contribution >= 4 is 17.2 Å². The van der Waals surface area contributed by atoms with Crippen LogP contribution in [0.15, 0.2) is 18.5 Å². The van der Waals surface area contributed by atoms with Crippen LogP contribution in [0.5, 0.6) is 0 Å². The predicted octanol–water partition coefficient (Wildman–Crippen LogP) is 2.47.